The number of amides is 1. The van der Waals surface area contributed by atoms with E-state index >= 15 is 0 Å². The Balaban J connectivity index is 1.87. The molecule has 1 fully saturated rings. The van der Waals surface area contributed by atoms with Crippen molar-refractivity contribution >= 4 is 11.9 Å². The van der Waals surface area contributed by atoms with E-state index in [0.717, 1.165) is 30.6 Å². The van der Waals surface area contributed by atoms with Gasteiger partial charge in [0.1, 0.15) is 5.75 Å². The van der Waals surface area contributed by atoms with Crippen LogP contribution in [-0.2, 0) is 16.0 Å². The van der Waals surface area contributed by atoms with E-state index in [0.29, 0.717) is 13.0 Å². The lowest BCUT2D eigenvalue weighted by Crippen LogP contribution is -2.39. The van der Waals surface area contributed by atoms with Crippen molar-refractivity contribution < 1.29 is 19.4 Å². The number of benzene rings is 1. The van der Waals surface area contributed by atoms with Crippen LogP contribution in [0, 0.1) is 11.8 Å². The Morgan fingerprint density at radius 1 is 1.32 bits per heavy atom. The highest BCUT2D eigenvalue weighted by Gasteiger charge is 2.26. The zero-order valence-corrected chi connectivity index (χ0v) is 12.9. The summed E-state index contributed by atoms with van der Waals surface area (Å²) in [6.07, 6.45) is 3.32. The van der Waals surface area contributed by atoms with Gasteiger partial charge in [0, 0.05) is 12.5 Å². The lowest BCUT2D eigenvalue weighted by Gasteiger charge is -2.25. The molecular formula is C17H23NO4. The Hall–Kier alpha value is -2.04. The van der Waals surface area contributed by atoms with Crippen molar-refractivity contribution in [3.05, 3.63) is 29.8 Å². The Kier molecular flexibility index (Phi) is 5.81. The number of rotatable bonds is 8. The van der Waals surface area contributed by atoms with Gasteiger partial charge in [0.05, 0.1) is 12.5 Å². The number of nitrogens with one attached hydrogen (secondary N) is 1. The molecule has 0 radical (unpaired) electrons. The predicted octanol–water partition coefficient (Wildman–Crippen LogP) is 2.24. The Labute approximate surface area is 130 Å². The van der Waals surface area contributed by atoms with Crippen LogP contribution in [-0.4, -0.2) is 30.1 Å². The molecule has 2 N–H and O–H groups in total. The second-order valence-corrected chi connectivity index (χ2v) is 5.69. The number of carbonyl (C=O) groups is 2. The van der Waals surface area contributed by atoms with Gasteiger partial charge in [-0.1, -0.05) is 18.6 Å². The van der Waals surface area contributed by atoms with Gasteiger partial charge >= 0.3 is 5.97 Å². The number of hydrogen-bond acceptors (Lipinski definition) is 3. The molecule has 1 aromatic rings. The lowest BCUT2D eigenvalue weighted by atomic mass is 9.84. The molecule has 0 aromatic heterocycles. The molecule has 120 valence electrons. The minimum absolute atomic E-state index is 0.0100. The first-order valence-electron chi connectivity index (χ1n) is 7.82. The zero-order chi connectivity index (χ0) is 15.9. The van der Waals surface area contributed by atoms with E-state index in [1.165, 1.54) is 0 Å². The summed E-state index contributed by atoms with van der Waals surface area (Å²) in [5.74, 6) is -0.648. The summed E-state index contributed by atoms with van der Waals surface area (Å²) in [5, 5.41) is 12.1. The Morgan fingerprint density at radius 2 is 2.00 bits per heavy atom. The Bertz CT molecular complexity index is 508. The van der Waals surface area contributed by atoms with E-state index < -0.39 is 11.9 Å². The van der Waals surface area contributed by atoms with E-state index in [-0.39, 0.29) is 18.4 Å². The molecule has 0 aliphatic heterocycles. The van der Waals surface area contributed by atoms with Crippen molar-refractivity contribution in [3.8, 4) is 5.75 Å². The van der Waals surface area contributed by atoms with Gasteiger partial charge in [-0.05, 0) is 43.9 Å². The summed E-state index contributed by atoms with van der Waals surface area (Å²) in [4.78, 5) is 23.2. The van der Waals surface area contributed by atoms with Gasteiger partial charge in [0.15, 0.2) is 0 Å². The quantitative estimate of drug-likeness (QED) is 0.772. The molecule has 22 heavy (non-hydrogen) atoms. The van der Waals surface area contributed by atoms with Gasteiger partial charge in [-0.2, -0.15) is 0 Å². The second-order valence-electron chi connectivity index (χ2n) is 5.69. The number of ether oxygens (including phenoxy) is 1. The minimum Gasteiger partial charge on any atom is -0.494 e. The molecule has 1 atom stereocenters. The van der Waals surface area contributed by atoms with Crippen LogP contribution in [0.25, 0.3) is 0 Å². The van der Waals surface area contributed by atoms with Crippen LogP contribution in [0.5, 0.6) is 5.75 Å². The van der Waals surface area contributed by atoms with Crippen molar-refractivity contribution in [1.29, 1.82) is 0 Å². The van der Waals surface area contributed by atoms with Crippen LogP contribution < -0.4 is 10.1 Å². The third kappa shape index (κ3) is 4.48. The fourth-order valence-corrected chi connectivity index (χ4v) is 2.46. The minimum atomic E-state index is -0.886. The average molecular weight is 305 g/mol. The van der Waals surface area contributed by atoms with E-state index in [4.69, 9.17) is 4.74 Å². The van der Waals surface area contributed by atoms with Crippen molar-refractivity contribution in [2.24, 2.45) is 11.8 Å². The fourth-order valence-electron chi connectivity index (χ4n) is 2.46. The van der Waals surface area contributed by atoms with Gasteiger partial charge in [0.25, 0.3) is 0 Å². The highest BCUT2D eigenvalue weighted by molar-refractivity contribution is 5.80. The van der Waals surface area contributed by atoms with E-state index in [1.54, 1.807) is 0 Å². The summed E-state index contributed by atoms with van der Waals surface area (Å²) >= 11 is 0. The van der Waals surface area contributed by atoms with Crippen LogP contribution >= 0.6 is 0 Å². The van der Waals surface area contributed by atoms with Crippen LogP contribution in [0.2, 0.25) is 0 Å². The van der Waals surface area contributed by atoms with Crippen molar-refractivity contribution in [2.45, 2.75) is 32.6 Å². The molecule has 0 spiro atoms. The maximum Gasteiger partial charge on any atom is 0.308 e. The summed E-state index contributed by atoms with van der Waals surface area (Å²) in [7, 11) is 0. The monoisotopic (exact) mass is 305 g/mol. The molecule has 5 nitrogen and oxygen atoms in total. The third-order valence-corrected chi connectivity index (χ3v) is 4.06. The van der Waals surface area contributed by atoms with Crippen LogP contribution in [0.15, 0.2) is 24.3 Å². The first-order valence-corrected chi connectivity index (χ1v) is 7.82. The first-order chi connectivity index (χ1) is 10.6. The second kappa shape index (κ2) is 7.82. The van der Waals surface area contributed by atoms with Crippen molar-refractivity contribution in [3.63, 3.8) is 0 Å². The van der Waals surface area contributed by atoms with E-state index in [1.807, 2.05) is 31.2 Å². The summed E-state index contributed by atoms with van der Waals surface area (Å²) in [5.41, 5.74) is 0.925. The van der Waals surface area contributed by atoms with Crippen molar-refractivity contribution in [2.75, 3.05) is 13.2 Å². The topological polar surface area (TPSA) is 75.6 Å². The van der Waals surface area contributed by atoms with Crippen molar-refractivity contribution in [1.82, 2.24) is 5.32 Å². The first kappa shape index (κ1) is 16.3. The number of aliphatic carboxylic acids is 1. The number of hydrogen-bond donors (Lipinski definition) is 2. The Morgan fingerprint density at radius 3 is 2.50 bits per heavy atom. The number of carbonyl (C=O) groups excluding carboxylic acids is 1. The predicted molar refractivity (Wildman–Crippen MR) is 82.8 cm³/mol. The molecule has 1 aromatic carbocycles. The molecule has 0 heterocycles. The molecule has 1 unspecified atom stereocenters. The third-order valence-electron chi connectivity index (χ3n) is 4.06. The summed E-state index contributed by atoms with van der Waals surface area (Å²) in [6.45, 7) is 2.70. The molecule has 5 heteroatoms. The summed E-state index contributed by atoms with van der Waals surface area (Å²) < 4.78 is 5.36. The molecule has 0 saturated heterocycles. The molecular weight excluding hydrogens is 282 g/mol. The lowest BCUT2D eigenvalue weighted by molar-refractivity contribution is -0.141. The standard InChI is InChI=1S/C17H23NO4/c1-2-22-15-8-6-12(7-9-15)10-14(17(20)21)11-18-16(19)13-4-3-5-13/h6-9,13-14H,2-5,10-11H2,1H3,(H,18,19)(H,20,21). The maximum absolute atomic E-state index is 11.8. The van der Waals surface area contributed by atoms with Crippen LogP contribution in [0.3, 0.4) is 0 Å². The van der Waals surface area contributed by atoms with E-state index in [9.17, 15) is 14.7 Å². The highest BCUT2D eigenvalue weighted by Crippen LogP contribution is 2.26. The SMILES string of the molecule is CCOc1ccc(CC(CNC(=O)C2CCC2)C(=O)O)cc1. The van der Waals surface area contributed by atoms with E-state index in [2.05, 4.69) is 5.32 Å². The maximum atomic E-state index is 11.8. The van der Waals surface area contributed by atoms with Gasteiger partial charge in [-0.25, -0.2) is 0 Å². The normalized spacial score (nSPS) is 15.7. The largest absolute Gasteiger partial charge is 0.494 e. The molecule has 1 aliphatic carbocycles. The summed E-state index contributed by atoms with van der Waals surface area (Å²) in [6, 6.07) is 7.42. The highest BCUT2D eigenvalue weighted by atomic mass is 16.5. The number of carboxylic acids is 1. The van der Waals surface area contributed by atoms with Gasteiger partial charge in [-0.15, -0.1) is 0 Å². The molecule has 0 bridgehead atoms. The molecule has 1 amide bonds. The zero-order valence-electron chi connectivity index (χ0n) is 12.9. The average Bonchev–Trinajstić information content (AvgIpc) is 2.43. The molecule has 2 rings (SSSR count). The van der Waals surface area contributed by atoms with Crippen LogP contribution in [0.4, 0.5) is 0 Å². The molecule has 1 saturated carbocycles. The van der Waals surface area contributed by atoms with Gasteiger partial charge in [-0.3, -0.25) is 9.59 Å². The van der Waals surface area contributed by atoms with Gasteiger partial charge < -0.3 is 15.2 Å². The van der Waals surface area contributed by atoms with Crippen LogP contribution in [0.1, 0.15) is 31.7 Å². The fraction of sp³-hybridized carbons (Fsp3) is 0.529. The molecule has 1 aliphatic rings. The smallest absolute Gasteiger partial charge is 0.308 e. The van der Waals surface area contributed by atoms with Gasteiger partial charge in [0.2, 0.25) is 5.91 Å². The number of carboxylic acid groups (broad SMARTS) is 1.